The SMILES string of the molecule is O=S(=O)([O-])c1cccc(O)c1-c1nc2ccccc2[nH]1.[Na+]. The van der Waals surface area contributed by atoms with E-state index in [1.54, 1.807) is 24.3 Å². The minimum atomic E-state index is -4.71. The van der Waals surface area contributed by atoms with Crippen molar-refractivity contribution < 1.29 is 47.6 Å². The van der Waals surface area contributed by atoms with Gasteiger partial charge in [0.15, 0.2) is 0 Å². The maximum atomic E-state index is 11.3. The largest absolute Gasteiger partial charge is 1.00 e. The van der Waals surface area contributed by atoms with Crippen LogP contribution in [0.25, 0.3) is 22.4 Å². The summed E-state index contributed by atoms with van der Waals surface area (Å²) in [6.07, 6.45) is 0. The second kappa shape index (κ2) is 5.78. The Morgan fingerprint density at radius 3 is 2.48 bits per heavy atom. The average molecular weight is 312 g/mol. The van der Waals surface area contributed by atoms with Crippen LogP contribution in [-0.4, -0.2) is 28.0 Å². The van der Waals surface area contributed by atoms with Gasteiger partial charge < -0.3 is 14.6 Å². The van der Waals surface area contributed by atoms with Gasteiger partial charge in [-0.2, -0.15) is 0 Å². The number of phenols is 1. The van der Waals surface area contributed by atoms with Gasteiger partial charge in [-0.05, 0) is 24.3 Å². The molecule has 0 aliphatic carbocycles. The predicted octanol–water partition coefficient (Wildman–Crippen LogP) is -1.16. The number of aromatic hydroxyl groups is 1. The summed E-state index contributed by atoms with van der Waals surface area (Å²) in [5.41, 5.74) is 1.18. The molecule has 21 heavy (non-hydrogen) atoms. The number of nitrogens with one attached hydrogen (secondary N) is 1. The van der Waals surface area contributed by atoms with Gasteiger partial charge in [0.05, 0.1) is 21.5 Å². The Bertz CT molecular complexity index is 872. The first-order valence-corrected chi connectivity index (χ1v) is 7.10. The molecular weight excluding hydrogens is 303 g/mol. The second-order valence-electron chi connectivity index (χ2n) is 4.21. The molecule has 1 heterocycles. The van der Waals surface area contributed by atoms with E-state index in [9.17, 15) is 18.1 Å². The number of nitrogens with zero attached hydrogens (tertiary/aromatic N) is 1. The molecule has 3 aromatic rings. The fourth-order valence-corrected chi connectivity index (χ4v) is 2.73. The maximum absolute atomic E-state index is 11.3. The zero-order chi connectivity index (χ0) is 14.3. The monoisotopic (exact) mass is 312 g/mol. The van der Waals surface area contributed by atoms with Crippen LogP contribution in [0.1, 0.15) is 0 Å². The molecule has 0 fully saturated rings. The van der Waals surface area contributed by atoms with E-state index in [1.165, 1.54) is 12.1 Å². The number of H-pyrrole nitrogens is 1. The van der Waals surface area contributed by atoms with Gasteiger partial charge in [0.1, 0.15) is 21.7 Å². The van der Waals surface area contributed by atoms with Gasteiger partial charge in [0.2, 0.25) is 0 Å². The van der Waals surface area contributed by atoms with E-state index in [2.05, 4.69) is 9.97 Å². The number of aromatic nitrogens is 2. The third-order valence-corrected chi connectivity index (χ3v) is 3.78. The summed E-state index contributed by atoms with van der Waals surface area (Å²) in [5, 5.41) is 9.87. The molecule has 0 aliphatic rings. The molecule has 3 rings (SSSR count). The average Bonchev–Trinajstić information content (AvgIpc) is 2.80. The van der Waals surface area contributed by atoms with Crippen molar-refractivity contribution in [3.05, 3.63) is 42.5 Å². The van der Waals surface area contributed by atoms with Crippen LogP contribution in [0, 0.1) is 0 Å². The Balaban J connectivity index is 0.00000161. The summed E-state index contributed by atoms with van der Waals surface area (Å²) in [5.74, 6) is -0.181. The van der Waals surface area contributed by atoms with Crippen molar-refractivity contribution in [2.75, 3.05) is 0 Å². The molecule has 6 nitrogen and oxygen atoms in total. The standard InChI is InChI=1S/C13H10N2O4S.Na/c16-10-6-3-7-11(20(17,18)19)12(10)13-14-8-4-1-2-5-9(8)15-13;/h1-7,16H,(H,14,15)(H,17,18,19);/q;+1/p-1. The molecule has 8 heteroatoms. The van der Waals surface area contributed by atoms with E-state index >= 15 is 0 Å². The number of aromatic amines is 1. The number of para-hydroxylation sites is 2. The third kappa shape index (κ3) is 2.97. The van der Waals surface area contributed by atoms with Gasteiger partial charge in [-0.1, -0.05) is 18.2 Å². The van der Waals surface area contributed by atoms with Gasteiger partial charge in [-0.15, -0.1) is 0 Å². The molecule has 0 atom stereocenters. The maximum Gasteiger partial charge on any atom is 1.00 e. The smallest absolute Gasteiger partial charge is 0.744 e. The van der Waals surface area contributed by atoms with Crippen molar-refractivity contribution in [3.63, 3.8) is 0 Å². The van der Waals surface area contributed by atoms with Crippen LogP contribution < -0.4 is 29.6 Å². The van der Waals surface area contributed by atoms with E-state index in [-0.39, 0.29) is 46.7 Å². The van der Waals surface area contributed by atoms with Crippen LogP contribution in [0.4, 0.5) is 0 Å². The number of rotatable bonds is 2. The zero-order valence-electron chi connectivity index (χ0n) is 11.1. The molecule has 1 aromatic heterocycles. The number of hydrogen-bond donors (Lipinski definition) is 2. The summed E-state index contributed by atoms with van der Waals surface area (Å²) >= 11 is 0. The van der Waals surface area contributed by atoms with Crippen molar-refractivity contribution in [2.24, 2.45) is 0 Å². The summed E-state index contributed by atoms with van der Waals surface area (Å²) < 4.78 is 33.9. The van der Waals surface area contributed by atoms with E-state index in [1.807, 2.05) is 0 Å². The summed E-state index contributed by atoms with van der Waals surface area (Å²) in [4.78, 5) is 6.59. The quantitative estimate of drug-likeness (QED) is 0.459. The number of phenolic OH excluding ortho intramolecular Hbond substituents is 1. The Kier molecular flexibility index (Phi) is 4.40. The first kappa shape index (κ1) is 16.0. The molecule has 0 amide bonds. The van der Waals surface area contributed by atoms with Crippen LogP contribution in [0.15, 0.2) is 47.4 Å². The van der Waals surface area contributed by atoms with Crippen molar-refractivity contribution in [1.82, 2.24) is 9.97 Å². The molecule has 2 N–H and O–H groups in total. The molecule has 0 saturated heterocycles. The number of imidazole rings is 1. The minimum Gasteiger partial charge on any atom is -0.744 e. The van der Waals surface area contributed by atoms with Crippen LogP contribution in [0.3, 0.4) is 0 Å². The van der Waals surface area contributed by atoms with Crippen molar-refractivity contribution in [2.45, 2.75) is 4.90 Å². The number of hydrogen-bond acceptors (Lipinski definition) is 5. The molecule has 0 saturated carbocycles. The summed E-state index contributed by atoms with van der Waals surface area (Å²) in [6, 6.07) is 10.8. The molecule has 0 spiro atoms. The van der Waals surface area contributed by atoms with Gasteiger partial charge in [0.25, 0.3) is 0 Å². The van der Waals surface area contributed by atoms with Gasteiger partial charge >= 0.3 is 29.6 Å². The van der Waals surface area contributed by atoms with Crippen molar-refractivity contribution in [3.8, 4) is 17.1 Å². The normalized spacial score (nSPS) is 11.3. The fourth-order valence-electron chi connectivity index (χ4n) is 2.04. The topological polar surface area (TPSA) is 106 Å². The van der Waals surface area contributed by atoms with E-state index < -0.39 is 15.0 Å². The zero-order valence-corrected chi connectivity index (χ0v) is 13.9. The van der Waals surface area contributed by atoms with Gasteiger partial charge in [0, 0.05) is 0 Å². The molecule has 0 radical (unpaired) electrons. The van der Waals surface area contributed by atoms with E-state index in [0.29, 0.717) is 11.0 Å². The molecule has 102 valence electrons. The minimum absolute atomic E-state index is 0. The molecule has 0 bridgehead atoms. The summed E-state index contributed by atoms with van der Waals surface area (Å²) in [7, 11) is -4.71. The molecule has 0 aliphatic heterocycles. The Labute approximate surface area is 142 Å². The third-order valence-electron chi connectivity index (χ3n) is 2.90. The van der Waals surface area contributed by atoms with Crippen LogP contribution in [0.5, 0.6) is 5.75 Å². The van der Waals surface area contributed by atoms with Crippen molar-refractivity contribution in [1.29, 1.82) is 0 Å². The Morgan fingerprint density at radius 1 is 1.10 bits per heavy atom. The van der Waals surface area contributed by atoms with E-state index in [0.717, 1.165) is 6.07 Å². The Morgan fingerprint density at radius 2 is 1.81 bits per heavy atom. The van der Waals surface area contributed by atoms with Gasteiger partial charge in [-0.25, -0.2) is 13.4 Å². The first-order chi connectivity index (χ1) is 9.47. The Hall–Kier alpha value is -1.38. The van der Waals surface area contributed by atoms with Crippen LogP contribution >= 0.6 is 0 Å². The molecule has 2 aromatic carbocycles. The first-order valence-electron chi connectivity index (χ1n) is 5.70. The number of fused-ring (bicyclic) bond motifs is 1. The van der Waals surface area contributed by atoms with Crippen LogP contribution in [0.2, 0.25) is 0 Å². The van der Waals surface area contributed by atoms with Crippen molar-refractivity contribution >= 4 is 21.2 Å². The molecular formula is C13H9N2NaO4S. The predicted molar refractivity (Wildman–Crippen MR) is 71.2 cm³/mol. The van der Waals surface area contributed by atoms with Crippen LogP contribution in [-0.2, 0) is 10.1 Å². The fraction of sp³-hybridized carbons (Fsp3) is 0. The second-order valence-corrected chi connectivity index (χ2v) is 5.56. The van der Waals surface area contributed by atoms with Gasteiger partial charge in [-0.3, -0.25) is 0 Å². The van der Waals surface area contributed by atoms with E-state index in [4.69, 9.17) is 0 Å². The number of benzene rings is 2. The summed E-state index contributed by atoms with van der Waals surface area (Å²) in [6.45, 7) is 0. The molecule has 0 unspecified atom stereocenters.